The van der Waals surface area contributed by atoms with E-state index in [4.69, 9.17) is 15.6 Å². The molecule has 1 aromatic carbocycles. The summed E-state index contributed by atoms with van der Waals surface area (Å²) in [6.07, 6.45) is 1.26. The number of phenolic OH excluding ortho intramolecular Hbond substituents is 1. The number of benzene rings is 1. The molecule has 0 spiro atoms. The molecular formula is C14H21NO3. The van der Waals surface area contributed by atoms with Crippen molar-refractivity contribution in [2.24, 2.45) is 11.7 Å². The van der Waals surface area contributed by atoms with E-state index in [0.717, 1.165) is 12.0 Å². The second-order valence-corrected chi connectivity index (χ2v) is 4.83. The van der Waals surface area contributed by atoms with Crippen LogP contribution < -0.4 is 5.73 Å². The molecule has 0 aliphatic heterocycles. The first-order chi connectivity index (χ1) is 8.49. The van der Waals surface area contributed by atoms with Gasteiger partial charge in [0.15, 0.2) is 0 Å². The van der Waals surface area contributed by atoms with Gasteiger partial charge < -0.3 is 15.6 Å². The minimum absolute atomic E-state index is 0.201. The number of carbonyl (C=O) groups excluding carboxylic acids is 1. The molecule has 0 amide bonds. The lowest BCUT2D eigenvalue weighted by molar-refractivity contribution is -0.145. The van der Waals surface area contributed by atoms with Gasteiger partial charge in [0.05, 0.1) is 6.61 Å². The zero-order chi connectivity index (χ0) is 13.5. The molecule has 1 aromatic rings. The van der Waals surface area contributed by atoms with Gasteiger partial charge in [-0.25, -0.2) is 0 Å². The molecule has 0 radical (unpaired) electrons. The second-order valence-electron chi connectivity index (χ2n) is 4.83. The Morgan fingerprint density at radius 3 is 2.50 bits per heavy atom. The molecule has 0 saturated carbocycles. The summed E-state index contributed by atoms with van der Waals surface area (Å²) in [5.74, 6) is 0.335. The fourth-order valence-electron chi connectivity index (χ4n) is 1.47. The van der Waals surface area contributed by atoms with Gasteiger partial charge in [-0.05, 0) is 36.5 Å². The van der Waals surface area contributed by atoms with E-state index in [-0.39, 0.29) is 11.7 Å². The van der Waals surface area contributed by atoms with Crippen molar-refractivity contribution in [3.05, 3.63) is 29.8 Å². The average Bonchev–Trinajstić information content (AvgIpc) is 2.31. The number of hydrogen-bond donors (Lipinski definition) is 2. The van der Waals surface area contributed by atoms with Gasteiger partial charge >= 0.3 is 5.97 Å². The number of aromatic hydroxyl groups is 1. The lowest BCUT2D eigenvalue weighted by Crippen LogP contribution is -2.34. The van der Waals surface area contributed by atoms with E-state index < -0.39 is 6.04 Å². The Morgan fingerprint density at radius 1 is 1.33 bits per heavy atom. The van der Waals surface area contributed by atoms with Gasteiger partial charge in [-0.3, -0.25) is 4.79 Å². The Hall–Kier alpha value is -1.55. The summed E-state index contributed by atoms with van der Waals surface area (Å²) in [4.78, 5) is 11.6. The number of carbonyl (C=O) groups is 1. The standard InChI is InChI=1S/C14H21NO3/c1-10(2)7-8-18-14(17)13(15)9-11-3-5-12(16)6-4-11/h3-6,10,13,16H,7-9,15H2,1-2H3. The fourth-order valence-corrected chi connectivity index (χ4v) is 1.47. The number of nitrogens with two attached hydrogens (primary N) is 1. The Bertz CT molecular complexity index is 373. The zero-order valence-electron chi connectivity index (χ0n) is 10.9. The highest BCUT2D eigenvalue weighted by Crippen LogP contribution is 2.11. The molecular weight excluding hydrogens is 230 g/mol. The van der Waals surface area contributed by atoms with Crippen molar-refractivity contribution in [2.45, 2.75) is 32.7 Å². The Kier molecular flexibility index (Phi) is 5.65. The van der Waals surface area contributed by atoms with E-state index in [1.807, 2.05) is 0 Å². The minimum atomic E-state index is -0.651. The van der Waals surface area contributed by atoms with Crippen LogP contribution in [0.5, 0.6) is 5.75 Å². The summed E-state index contributed by atoms with van der Waals surface area (Å²) in [5, 5.41) is 9.15. The molecule has 0 aromatic heterocycles. The first-order valence-corrected chi connectivity index (χ1v) is 6.19. The van der Waals surface area contributed by atoms with Crippen molar-refractivity contribution in [1.29, 1.82) is 0 Å². The van der Waals surface area contributed by atoms with E-state index >= 15 is 0 Å². The maximum Gasteiger partial charge on any atom is 0.323 e. The summed E-state index contributed by atoms with van der Waals surface area (Å²) in [7, 11) is 0. The van der Waals surface area contributed by atoms with Gasteiger partial charge in [-0.15, -0.1) is 0 Å². The van der Waals surface area contributed by atoms with Crippen LogP contribution in [-0.4, -0.2) is 23.7 Å². The smallest absolute Gasteiger partial charge is 0.323 e. The Morgan fingerprint density at radius 2 is 1.94 bits per heavy atom. The maximum absolute atomic E-state index is 11.6. The van der Waals surface area contributed by atoms with E-state index in [1.165, 1.54) is 0 Å². The normalized spacial score (nSPS) is 12.4. The lowest BCUT2D eigenvalue weighted by atomic mass is 10.1. The van der Waals surface area contributed by atoms with Crippen molar-refractivity contribution < 1.29 is 14.6 Å². The molecule has 1 atom stereocenters. The van der Waals surface area contributed by atoms with Crippen LogP contribution in [0.2, 0.25) is 0 Å². The van der Waals surface area contributed by atoms with Crippen LogP contribution in [0, 0.1) is 5.92 Å². The first kappa shape index (κ1) is 14.5. The van der Waals surface area contributed by atoms with Crippen LogP contribution in [0.4, 0.5) is 0 Å². The van der Waals surface area contributed by atoms with Crippen LogP contribution >= 0.6 is 0 Å². The SMILES string of the molecule is CC(C)CCOC(=O)C(N)Cc1ccc(O)cc1. The van der Waals surface area contributed by atoms with Crippen LogP contribution in [0.3, 0.4) is 0 Å². The van der Waals surface area contributed by atoms with Gasteiger partial charge in [0.2, 0.25) is 0 Å². The van der Waals surface area contributed by atoms with E-state index in [9.17, 15) is 4.79 Å². The molecule has 0 aliphatic rings. The summed E-state index contributed by atoms with van der Waals surface area (Å²) >= 11 is 0. The van der Waals surface area contributed by atoms with Gasteiger partial charge in [0.25, 0.3) is 0 Å². The minimum Gasteiger partial charge on any atom is -0.508 e. The van der Waals surface area contributed by atoms with E-state index in [0.29, 0.717) is 18.9 Å². The number of hydrogen-bond acceptors (Lipinski definition) is 4. The maximum atomic E-state index is 11.6. The summed E-state index contributed by atoms with van der Waals surface area (Å²) in [6, 6.07) is 5.99. The fraction of sp³-hybridized carbons (Fsp3) is 0.500. The van der Waals surface area contributed by atoms with E-state index in [1.54, 1.807) is 24.3 Å². The number of rotatable bonds is 6. The van der Waals surface area contributed by atoms with Crippen LogP contribution in [0.15, 0.2) is 24.3 Å². The third kappa shape index (κ3) is 5.19. The molecule has 3 N–H and O–H groups in total. The highest BCUT2D eigenvalue weighted by molar-refractivity contribution is 5.75. The van der Waals surface area contributed by atoms with Crippen LogP contribution in [-0.2, 0) is 16.0 Å². The number of ether oxygens (including phenoxy) is 1. The molecule has 0 fully saturated rings. The molecule has 1 unspecified atom stereocenters. The molecule has 0 bridgehead atoms. The van der Waals surface area contributed by atoms with Crippen molar-refractivity contribution in [3.63, 3.8) is 0 Å². The largest absolute Gasteiger partial charge is 0.508 e. The predicted octanol–water partition coefficient (Wildman–Crippen LogP) is 1.85. The molecule has 18 heavy (non-hydrogen) atoms. The average molecular weight is 251 g/mol. The predicted molar refractivity (Wildman–Crippen MR) is 70.2 cm³/mol. The summed E-state index contributed by atoms with van der Waals surface area (Å²) < 4.78 is 5.10. The third-order valence-corrected chi connectivity index (χ3v) is 2.63. The van der Waals surface area contributed by atoms with Crippen molar-refractivity contribution in [1.82, 2.24) is 0 Å². The molecule has 4 heteroatoms. The lowest BCUT2D eigenvalue weighted by Gasteiger charge is -2.12. The molecule has 1 rings (SSSR count). The molecule has 0 saturated heterocycles. The zero-order valence-corrected chi connectivity index (χ0v) is 10.9. The monoisotopic (exact) mass is 251 g/mol. The third-order valence-electron chi connectivity index (χ3n) is 2.63. The highest BCUT2D eigenvalue weighted by Gasteiger charge is 2.15. The van der Waals surface area contributed by atoms with Gasteiger partial charge in [-0.2, -0.15) is 0 Å². The molecule has 4 nitrogen and oxygen atoms in total. The topological polar surface area (TPSA) is 72.5 Å². The Labute approximate surface area is 108 Å². The number of phenols is 1. The van der Waals surface area contributed by atoms with Crippen LogP contribution in [0.25, 0.3) is 0 Å². The molecule has 0 heterocycles. The number of esters is 1. The molecule has 100 valence electrons. The van der Waals surface area contributed by atoms with Crippen molar-refractivity contribution in [2.75, 3.05) is 6.61 Å². The molecule has 0 aliphatic carbocycles. The second kappa shape index (κ2) is 7.01. The van der Waals surface area contributed by atoms with Gasteiger partial charge in [0.1, 0.15) is 11.8 Å². The van der Waals surface area contributed by atoms with Crippen LogP contribution in [0.1, 0.15) is 25.8 Å². The summed E-state index contributed by atoms with van der Waals surface area (Å²) in [5.41, 5.74) is 6.67. The first-order valence-electron chi connectivity index (χ1n) is 6.19. The van der Waals surface area contributed by atoms with Gasteiger partial charge in [0, 0.05) is 0 Å². The Balaban J connectivity index is 2.37. The van der Waals surface area contributed by atoms with Gasteiger partial charge in [-0.1, -0.05) is 26.0 Å². The van der Waals surface area contributed by atoms with Crippen molar-refractivity contribution in [3.8, 4) is 5.75 Å². The van der Waals surface area contributed by atoms with E-state index in [2.05, 4.69) is 13.8 Å². The van der Waals surface area contributed by atoms with Crippen molar-refractivity contribution >= 4 is 5.97 Å². The quantitative estimate of drug-likeness (QED) is 0.757. The summed E-state index contributed by atoms with van der Waals surface area (Å²) in [6.45, 7) is 4.56. The highest BCUT2D eigenvalue weighted by atomic mass is 16.5.